The molecule has 0 nitrogen and oxygen atoms in total. The largest absolute Gasteiger partial charge is 0.214 e. The number of hydrogen-bond acceptors (Lipinski definition) is 0. The van der Waals surface area contributed by atoms with Gasteiger partial charge in [0, 0.05) is 0 Å². The Morgan fingerprint density at radius 2 is 0.929 bits per heavy atom. The molecule has 0 aliphatic heterocycles. The molecule has 2 aromatic carbocycles. The van der Waals surface area contributed by atoms with Gasteiger partial charge < -0.3 is 0 Å². The Bertz CT molecular complexity index is 170. The van der Waals surface area contributed by atoms with Gasteiger partial charge in [-0.2, -0.15) is 36.4 Å². The minimum Gasteiger partial charge on any atom is -0.214 e. The first kappa shape index (κ1) is 16.8. The molecule has 0 unspecified atom stereocenters. The first-order valence-electron chi connectivity index (χ1n) is 3.71. The maximum atomic E-state index is 4.93. The molecular formula is C10H13Cl2SiZr. The predicted octanol–water partition coefficient (Wildman–Crippen LogP) is 3.00. The van der Waals surface area contributed by atoms with Crippen molar-refractivity contribution < 1.29 is 20.8 Å². The van der Waals surface area contributed by atoms with Crippen LogP contribution in [0.25, 0.3) is 0 Å². The second-order valence-corrected chi connectivity index (χ2v) is 5.73. The third-order valence-corrected chi connectivity index (χ3v) is 1.11. The monoisotopic (exact) mass is 321 g/mol. The van der Waals surface area contributed by atoms with Crippen molar-refractivity contribution in [2.75, 3.05) is 0 Å². The number of rotatable bonds is 0. The minimum absolute atomic E-state index is 0. The molecule has 2 rings (SSSR count). The van der Waals surface area contributed by atoms with Crippen LogP contribution in [-0.2, 0) is 20.8 Å². The quantitative estimate of drug-likeness (QED) is 0.516. The summed E-state index contributed by atoms with van der Waals surface area (Å²) in [6.45, 7) is 0. The third kappa shape index (κ3) is 14.9. The summed E-state index contributed by atoms with van der Waals surface area (Å²) in [4.78, 5) is 0. The molecule has 0 spiro atoms. The van der Waals surface area contributed by atoms with E-state index in [1.807, 2.05) is 60.7 Å². The summed E-state index contributed by atoms with van der Waals surface area (Å²) in [5, 5.41) is 0. The minimum atomic E-state index is -0.826. The third-order valence-electron chi connectivity index (χ3n) is 1.11. The fourth-order valence-corrected chi connectivity index (χ4v) is 0.642. The van der Waals surface area contributed by atoms with E-state index in [0.29, 0.717) is 0 Å². The van der Waals surface area contributed by atoms with Gasteiger partial charge in [0.2, 0.25) is 0 Å². The first-order chi connectivity index (χ1) is 6.41. The molecule has 0 bridgehead atoms. The molecule has 0 aliphatic rings. The fraction of sp³-hybridized carbons (Fsp3) is 0. The van der Waals surface area contributed by atoms with Gasteiger partial charge in [-0.1, -0.05) is 0 Å². The Morgan fingerprint density at radius 1 is 0.714 bits per heavy atom. The zero-order chi connectivity index (χ0) is 9.78. The van der Waals surface area contributed by atoms with Gasteiger partial charge in [-0.05, 0) is 11.0 Å². The predicted molar refractivity (Wildman–Crippen MR) is 65.7 cm³/mol. The zero-order valence-corrected chi connectivity index (χ0v) is 14.0. The van der Waals surface area contributed by atoms with E-state index in [4.69, 9.17) is 17.0 Å². The van der Waals surface area contributed by atoms with Crippen molar-refractivity contribution >= 4 is 28.0 Å². The Balaban J connectivity index is 0. The molecule has 0 N–H and O–H groups in total. The molecule has 75 valence electrons. The van der Waals surface area contributed by atoms with Crippen LogP contribution in [0, 0.1) is 0 Å². The Hall–Kier alpha value is 0.380. The summed E-state index contributed by atoms with van der Waals surface area (Å²) in [5.74, 6) is 0. The maximum absolute atomic E-state index is 4.93. The molecule has 2 aromatic rings. The van der Waals surface area contributed by atoms with Crippen LogP contribution in [0.2, 0.25) is 0 Å². The van der Waals surface area contributed by atoms with E-state index in [2.05, 4.69) is 0 Å². The van der Waals surface area contributed by atoms with E-state index in [1.54, 1.807) is 0 Å². The van der Waals surface area contributed by atoms with Crippen molar-refractivity contribution in [3.63, 3.8) is 0 Å². The molecular weight excluding hydrogens is 310 g/mol. The molecule has 0 saturated carbocycles. The van der Waals surface area contributed by atoms with Crippen molar-refractivity contribution in [3.8, 4) is 0 Å². The van der Waals surface area contributed by atoms with Gasteiger partial charge >= 0.3 is 37.9 Å². The van der Waals surface area contributed by atoms with E-state index in [-0.39, 0.29) is 11.0 Å². The number of hydrogen-bond donors (Lipinski definition) is 0. The van der Waals surface area contributed by atoms with E-state index >= 15 is 0 Å². The van der Waals surface area contributed by atoms with Gasteiger partial charge in [0.1, 0.15) is 0 Å². The molecule has 0 atom stereocenters. The SMILES string of the molecule is [Cl][Zr+2][Cl].[SiH3].c1cc[cH-]c1.c1cc[cH-]c1. The van der Waals surface area contributed by atoms with Crippen molar-refractivity contribution in [2.24, 2.45) is 0 Å². The standard InChI is InChI=1S/2C5H5.2ClH.H3Si.Zr/c2*1-2-4-5-3-1;;;;/h2*1-5H;2*1H;1H3;/q2*-1;;;;+4/p-2. The van der Waals surface area contributed by atoms with Crippen LogP contribution >= 0.6 is 17.0 Å². The van der Waals surface area contributed by atoms with Gasteiger partial charge in [-0.25, -0.2) is 24.3 Å². The smallest absolute Gasteiger partial charge is 0.0125 e. The topological polar surface area (TPSA) is 0 Å². The molecule has 14 heavy (non-hydrogen) atoms. The zero-order valence-electron chi connectivity index (χ0n) is 8.03. The second-order valence-electron chi connectivity index (χ2n) is 2.00. The van der Waals surface area contributed by atoms with Gasteiger partial charge in [-0.15, -0.1) is 0 Å². The molecule has 4 heteroatoms. The van der Waals surface area contributed by atoms with Gasteiger partial charge in [-0.3, -0.25) is 0 Å². The van der Waals surface area contributed by atoms with Crippen molar-refractivity contribution in [1.82, 2.24) is 0 Å². The first-order valence-corrected chi connectivity index (χ1v) is 10.0. The molecule has 0 amide bonds. The molecule has 0 aromatic heterocycles. The van der Waals surface area contributed by atoms with Crippen LogP contribution in [0.3, 0.4) is 0 Å². The van der Waals surface area contributed by atoms with E-state index in [0.717, 1.165) is 0 Å². The van der Waals surface area contributed by atoms with Crippen LogP contribution < -0.4 is 0 Å². The average Bonchev–Trinajstić information content (AvgIpc) is 2.85. The summed E-state index contributed by atoms with van der Waals surface area (Å²) in [5.41, 5.74) is 0. The Kier molecular flexibility index (Phi) is 19.0. The summed E-state index contributed by atoms with van der Waals surface area (Å²) < 4.78 is 0. The summed E-state index contributed by atoms with van der Waals surface area (Å²) >= 11 is -0.826. The number of halogens is 2. The summed E-state index contributed by atoms with van der Waals surface area (Å²) in [6, 6.07) is 20.0. The average molecular weight is 323 g/mol. The second kappa shape index (κ2) is 15.8. The van der Waals surface area contributed by atoms with E-state index in [9.17, 15) is 0 Å². The van der Waals surface area contributed by atoms with Gasteiger partial charge in [0.15, 0.2) is 0 Å². The van der Waals surface area contributed by atoms with E-state index < -0.39 is 20.8 Å². The van der Waals surface area contributed by atoms with E-state index in [1.165, 1.54) is 0 Å². The van der Waals surface area contributed by atoms with Crippen LogP contribution in [0.15, 0.2) is 60.7 Å². The Morgan fingerprint density at radius 3 is 1.00 bits per heavy atom. The van der Waals surface area contributed by atoms with Crippen molar-refractivity contribution in [3.05, 3.63) is 60.7 Å². The molecule has 0 saturated heterocycles. The van der Waals surface area contributed by atoms with Gasteiger partial charge in [0.05, 0.1) is 0 Å². The molecule has 1 radical (unpaired) electrons. The molecule has 0 aliphatic carbocycles. The maximum Gasteiger partial charge on any atom is -0.0125 e. The van der Waals surface area contributed by atoms with Crippen LogP contribution in [-0.4, -0.2) is 11.0 Å². The van der Waals surface area contributed by atoms with Crippen LogP contribution in [0.5, 0.6) is 0 Å². The molecule has 0 fully saturated rings. The Labute approximate surface area is 109 Å². The van der Waals surface area contributed by atoms with Crippen LogP contribution in [0.1, 0.15) is 0 Å². The van der Waals surface area contributed by atoms with Crippen molar-refractivity contribution in [1.29, 1.82) is 0 Å². The summed E-state index contributed by atoms with van der Waals surface area (Å²) in [6.07, 6.45) is 0. The van der Waals surface area contributed by atoms with Crippen molar-refractivity contribution in [2.45, 2.75) is 0 Å². The normalized spacial score (nSPS) is 6.43. The van der Waals surface area contributed by atoms with Crippen LogP contribution in [0.4, 0.5) is 0 Å². The molecule has 0 heterocycles. The van der Waals surface area contributed by atoms with Gasteiger partial charge in [0.25, 0.3) is 0 Å². The fourth-order valence-electron chi connectivity index (χ4n) is 0.642. The summed E-state index contributed by atoms with van der Waals surface area (Å²) in [7, 11) is 9.87.